The Kier molecular flexibility index (Phi) is 3.25. The van der Waals surface area contributed by atoms with Crippen molar-refractivity contribution in [1.29, 1.82) is 5.41 Å². The van der Waals surface area contributed by atoms with Gasteiger partial charge >= 0.3 is 0 Å². The van der Waals surface area contributed by atoms with Crippen molar-refractivity contribution in [3.63, 3.8) is 0 Å². The number of hydrogen-bond donors (Lipinski definition) is 2. The number of anilines is 1. The molecule has 0 saturated carbocycles. The zero-order valence-corrected chi connectivity index (χ0v) is 8.23. The van der Waals surface area contributed by atoms with Crippen molar-refractivity contribution in [3.8, 4) is 0 Å². The zero-order chi connectivity index (χ0) is 9.84. The van der Waals surface area contributed by atoms with Gasteiger partial charge in [0.1, 0.15) is 5.15 Å². The van der Waals surface area contributed by atoms with Gasteiger partial charge < -0.3 is 11.1 Å². The predicted octanol–water partition coefficient (Wildman–Crippen LogP) is 2.49. The van der Waals surface area contributed by atoms with Crippen molar-refractivity contribution in [3.05, 3.63) is 23.0 Å². The molecule has 3 N–H and O–H groups in total. The van der Waals surface area contributed by atoms with E-state index in [0.29, 0.717) is 28.5 Å². The number of hydrogen-bond acceptors (Lipinski definition) is 3. The summed E-state index contributed by atoms with van der Waals surface area (Å²) in [4.78, 5) is 3.89. The molecule has 3 nitrogen and oxygen atoms in total. The van der Waals surface area contributed by atoms with Gasteiger partial charge in [-0.2, -0.15) is 0 Å². The summed E-state index contributed by atoms with van der Waals surface area (Å²) in [6, 6.07) is 1.57. The van der Waals surface area contributed by atoms with Crippen LogP contribution < -0.4 is 5.73 Å². The number of halogens is 1. The Morgan fingerprint density at radius 1 is 1.69 bits per heavy atom. The zero-order valence-electron chi connectivity index (χ0n) is 7.47. The van der Waals surface area contributed by atoms with Gasteiger partial charge in [-0.25, -0.2) is 4.98 Å². The summed E-state index contributed by atoms with van der Waals surface area (Å²) in [6.07, 6.45) is 3.20. The monoisotopic (exact) mass is 197 g/mol. The number of nitrogen functional groups attached to an aromatic ring is 1. The summed E-state index contributed by atoms with van der Waals surface area (Å²) in [5, 5.41) is 8.04. The average Bonchev–Trinajstić information content (AvgIpc) is 2.04. The molecule has 1 rings (SSSR count). The SMILES string of the molecule is CCCC(=N)c1cnc(Cl)cc1N. The molecule has 1 aromatic rings. The van der Waals surface area contributed by atoms with Crippen molar-refractivity contribution in [1.82, 2.24) is 4.98 Å². The van der Waals surface area contributed by atoms with Crippen LogP contribution in [0.2, 0.25) is 5.15 Å². The Labute approximate surface area is 82.4 Å². The fourth-order valence-corrected chi connectivity index (χ4v) is 1.25. The van der Waals surface area contributed by atoms with E-state index >= 15 is 0 Å². The molecule has 0 spiro atoms. The molecule has 13 heavy (non-hydrogen) atoms. The molecule has 0 unspecified atom stereocenters. The topological polar surface area (TPSA) is 62.8 Å². The summed E-state index contributed by atoms with van der Waals surface area (Å²) in [7, 11) is 0. The van der Waals surface area contributed by atoms with E-state index in [9.17, 15) is 0 Å². The van der Waals surface area contributed by atoms with Crippen LogP contribution in [0.25, 0.3) is 0 Å². The first kappa shape index (κ1) is 9.99. The van der Waals surface area contributed by atoms with Crippen LogP contribution in [0.3, 0.4) is 0 Å². The third-order valence-electron chi connectivity index (χ3n) is 1.73. The summed E-state index contributed by atoms with van der Waals surface area (Å²) in [6.45, 7) is 2.02. The molecule has 0 amide bonds. The first-order valence-electron chi connectivity index (χ1n) is 4.14. The third kappa shape index (κ3) is 2.42. The van der Waals surface area contributed by atoms with Crippen molar-refractivity contribution in [2.24, 2.45) is 0 Å². The molecule has 0 aliphatic carbocycles. The molecule has 1 heterocycles. The van der Waals surface area contributed by atoms with E-state index in [1.165, 1.54) is 0 Å². The molecular weight excluding hydrogens is 186 g/mol. The van der Waals surface area contributed by atoms with Crippen LogP contribution in [0, 0.1) is 5.41 Å². The molecular formula is C9H12ClN3. The van der Waals surface area contributed by atoms with Crippen LogP contribution >= 0.6 is 11.6 Å². The van der Waals surface area contributed by atoms with Gasteiger partial charge in [-0.1, -0.05) is 24.9 Å². The number of nitrogens with zero attached hydrogens (tertiary/aromatic N) is 1. The highest BCUT2D eigenvalue weighted by Gasteiger charge is 2.05. The quantitative estimate of drug-likeness (QED) is 0.578. The van der Waals surface area contributed by atoms with Crippen LogP contribution in [0.1, 0.15) is 25.3 Å². The number of nitrogens with one attached hydrogen (secondary N) is 1. The first-order valence-corrected chi connectivity index (χ1v) is 4.51. The van der Waals surface area contributed by atoms with Crippen molar-refractivity contribution < 1.29 is 0 Å². The summed E-state index contributed by atoms with van der Waals surface area (Å²) in [5.41, 5.74) is 7.42. The molecule has 0 aliphatic heterocycles. The summed E-state index contributed by atoms with van der Waals surface area (Å²) < 4.78 is 0. The van der Waals surface area contributed by atoms with Gasteiger partial charge in [0.2, 0.25) is 0 Å². The fraction of sp³-hybridized carbons (Fsp3) is 0.333. The molecule has 0 saturated heterocycles. The second-order valence-corrected chi connectivity index (χ2v) is 3.21. The minimum Gasteiger partial charge on any atom is -0.398 e. The maximum Gasteiger partial charge on any atom is 0.131 e. The molecule has 0 fully saturated rings. The van der Waals surface area contributed by atoms with Crippen molar-refractivity contribution in [2.45, 2.75) is 19.8 Å². The Hall–Kier alpha value is -1.09. The number of pyridine rings is 1. The molecule has 0 bridgehead atoms. The number of aromatic nitrogens is 1. The molecule has 0 aliphatic rings. The lowest BCUT2D eigenvalue weighted by Crippen LogP contribution is -2.04. The van der Waals surface area contributed by atoms with Gasteiger partial charge in [-0.15, -0.1) is 0 Å². The van der Waals surface area contributed by atoms with E-state index in [4.69, 9.17) is 22.7 Å². The minimum atomic E-state index is 0.366. The van der Waals surface area contributed by atoms with Gasteiger partial charge in [-0.05, 0) is 12.5 Å². The third-order valence-corrected chi connectivity index (χ3v) is 1.93. The Balaban J connectivity index is 2.95. The standard InChI is InChI=1S/C9H12ClN3/c1-2-3-7(11)6-5-13-9(10)4-8(6)12/h4-5,11H,2-3H2,1H3,(H2,12,13). The van der Waals surface area contributed by atoms with E-state index < -0.39 is 0 Å². The molecule has 0 aromatic carbocycles. The maximum absolute atomic E-state index is 7.68. The molecule has 4 heteroatoms. The number of nitrogens with two attached hydrogens (primary N) is 1. The van der Waals surface area contributed by atoms with Gasteiger partial charge in [-0.3, -0.25) is 0 Å². The molecule has 0 radical (unpaired) electrons. The number of rotatable bonds is 3. The molecule has 1 aromatic heterocycles. The summed E-state index contributed by atoms with van der Waals surface area (Å²) >= 11 is 5.64. The Morgan fingerprint density at radius 3 is 2.92 bits per heavy atom. The smallest absolute Gasteiger partial charge is 0.131 e. The highest BCUT2D eigenvalue weighted by molar-refractivity contribution is 6.29. The average molecular weight is 198 g/mol. The van der Waals surface area contributed by atoms with Crippen molar-refractivity contribution in [2.75, 3.05) is 5.73 Å². The second-order valence-electron chi connectivity index (χ2n) is 2.82. The lowest BCUT2D eigenvalue weighted by atomic mass is 10.1. The van der Waals surface area contributed by atoms with Crippen LogP contribution in [0.5, 0.6) is 0 Å². The lowest BCUT2D eigenvalue weighted by molar-refractivity contribution is 0.985. The minimum absolute atomic E-state index is 0.366. The Morgan fingerprint density at radius 2 is 2.38 bits per heavy atom. The lowest BCUT2D eigenvalue weighted by Gasteiger charge is -2.05. The van der Waals surface area contributed by atoms with Gasteiger partial charge in [0.15, 0.2) is 0 Å². The highest BCUT2D eigenvalue weighted by atomic mass is 35.5. The molecule has 0 atom stereocenters. The Bertz CT molecular complexity index is 323. The first-order chi connectivity index (χ1) is 6.15. The van der Waals surface area contributed by atoms with E-state index in [1.807, 2.05) is 6.92 Å². The van der Waals surface area contributed by atoms with Crippen LogP contribution in [-0.2, 0) is 0 Å². The second kappa shape index (κ2) is 4.23. The predicted molar refractivity (Wildman–Crippen MR) is 55.4 cm³/mol. The van der Waals surface area contributed by atoms with Gasteiger partial charge in [0.05, 0.1) is 0 Å². The fourth-order valence-electron chi connectivity index (χ4n) is 1.08. The highest BCUT2D eigenvalue weighted by Crippen LogP contribution is 2.16. The van der Waals surface area contributed by atoms with Crippen LogP contribution in [0.4, 0.5) is 5.69 Å². The van der Waals surface area contributed by atoms with E-state index in [1.54, 1.807) is 12.3 Å². The maximum atomic E-state index is 7.68. The van der Waals surface area contributed by atoms with E-state index in [-0.39, 0.29) is 0 Å². The van der Waals surface area contributed by atoms with E-state index in [0.717, 1.165) is 6.42 Å². The molecule has 70 valence electrons. The van der Waals surface area contributed by atoms with Crippen molar-refractivity contribution >= 4 is 23.0 Å². The van der Waals surface area contributed by atoms with Crippen LogP contribution in [-0.4, -0.2) is 10.7 Å². The normalized spacial score (nSPS) is 10.0. The van der Waals surface area contributed by atoms with Gasteiger partial charge in [0, 0.05) is 23.2 Å². The van der Waals surface area contributed by atoms with Gasteiger partial charge in [0.25, 0.3) is 0 Å². The largest absolute Gasteiger partial charge is 0.398 e. The van der Waals surface area contributed by atoms with Crippen LogP contribution in [0.15, 0.2) is 12.3 Å². The summed E-state index contributed by atoms with van der Waals surface area (Å²) in [5.74, 6) is 0. The van der Waals surface area contributed by atoms with E-state index in [2.05, 4.69) is 4.98 Å².